The molecule has 5 unspecified atom stereocenters. The first-order chi connectivity index (χ1) is 8.34. The van der Waals surface area contributed by atoms with Gasteiger partial charge in [0.25, 0.3) is 0 Å². The Balaban J connectivity index is 2.13. The lowest BCUT2D eigenvalue weighted by Crippen LogP contribution is -2.62. The van der Waals surface area contributed by atoms with Gasteiger partial charge in [0.1, 0.15) is 0 Å². The molecule has 2 heteroatoms. The van der Waals surface area contributed by atoms with Crippen molar-refractivity contribution in [2.45, 2.75) is 52.9 Å². The highest BCUT2D eigenvalue weighted by Gasteiger charge is 2.67. The third-order valence-electron chi connectivity index (χ3n) is 5.92. The molecule has 0 aromatic rings. The van der Waals surface area contributed by atoms with Crippen LogP contribution in [0, 0.1) is 28.1 Å². The smallest absolute Gasteiger partial charge is 0.310 e. The molecular weight excluding hydrogens is 224 g/mol. The lowest BCUT2D eigenvalue weighted by atomic mass is 9.36. The van der Waals surface area contributed by atoms with Crippen LogP contribution in [0.15, 0.2) is 12.2 Å². The Morgan fingerprint density at radius 2 is 1.94 bits per heavy atom. The summed E-state index contributed by atoms with van der Waals surface area (Å²) in [5.74, 6) is 0.324. The molecule has 0 amide bonds. The van der Waals surface area contributed by atoms with Crippen LogP contribution in [0.25, 0.3) is 0 Å². The third kappa shape index (κ3) is 1.38. The summed E-state index contributed by atoms with van der Waals surface area (Å²) < 4.78 is 0. The topological polar surface area (TPSA) is 37.3 Å². The van der Waals surface area contributed by atoms with Crippen LogP contribution < -0.4 is 0 Å². The molecule has 0 saturated heterocycles. The van der Waals surface area contributed by atoms with Gasteiger partial charge in [-0.1, -0.05) is 26.0 Å². The van der Waals surface area contributed by atoms with Crippen LogP contribution in [0.3, 0.4) is 0 Å². The fourth-order valence-electron chi connectivity index (χ4n) is 6.22. The van der Waals surface area contributed by atoms with E-state index in [-0.39, 0.29) is 16.7 Å². The van der Waals surface area contributed by atoms with Gasteiger partial charge in [-0.25, -0.2) is 0 Å². The van der Waals surface area contributed by atoms with Crippen molar-refractivity contribution in [1.82, 2.24) is 0 Å². The first-order valence-electron chi connectivity index (χ1n) is 7.20. The van der Waals surface area contributed by atoms with Gasteiger partial charge >= 0.3 is 5.97 Å². The highest BCUT2D eigenvalue weighted by molar-refractivity contribution is 5.76. The molecule has 4 rings (SSSR count). The van der Waals surface area contributed by atoms with Crippen molar-refractivity contribution in [2.75, 3.05) is 0 Å². The van der Waals surface area contributed by atoms with E-state index in [9.17, 15) is 9.90 Å². The molecule has 0 radical (unpaired) electrons. The second kappa shape index (κ2) is 3.40. The van der Waals surface area contributed by atoms with E-state index in [1.165, 1.54) is 19.3 Å². The molecule has 0 aliphatic heterocycles. The third-order valence-corrected chi connectivity index (χ3v) is 5.92. The quantitative estimate of drug-likeness (QED) is 0.753. The summed E-state index contributed by atoms with van der Waals surface area (Å²) in [5, 5.41) is 9.87. The van der Waals surface area contributed by atoms with Crippen molar-refractivity contribution in [2.24, 2.45) is 28.1 Å². The molecule has 5 atom stereocenters. The van der Waals surface area contributed by atoms with E-state index >= 15 is 0 Å². The molecule has 2 nitrogen and oxygen atoms in total. The van der Waals surface area contributed by atoms with Gasteiger partial charge in [0.15, 0.2) is 0 Å². The minimum atomic E-state index is -0.549. The number of carbonyl (C=O) groups is 1. The predicted molar refractivity (Wildman–Crippen MR) is 71.2 cm³/mol. The number of rotatable bonds is 2. The summed E-state index contributed by atoms with van der Waals surface area (Å²) in [6, 6.07) is 0. The van der Waals surface area contributed by atoms with Crippen LogP contribution in [0.5, 0.6) is 0 Å². The Bertz CT molecular complexity index is 427. The first-order valence-corrected chi connectivity index (χ1v) is 7.20. The monoisotopic (exact) mass is 248 g/mol. The number of allylic oxidation sites excluding steroid dienone is 2. The second-order valence-electron chi connectivity index (χ2n) is 7.76. The van der Waals surface area contributed by atoms with Gasteiger partial charge in [0.05, 0.1) is 5.41 Å². The minimum Gasteiger partial charge on any atom is -0.481 e. The van der Waals surface area contributed by atoms with Crippen molar-refractivity contribution < 1.29 is 9.90 Å². The van der Waals surface area contributed by atoms with E-state index in [0.717, 1.165) is 12.8 Å². The van der Waals surface area contributed by atoms with E-state index in [1.54, 1.807) is 0 Å². The number of carboxylic acids is 1. The van der Waals surface area contributed by atoms with Gasteiger partial charge in [0.2, 0.25) is 0 Å². The van der Waals surface area contributed by atoms with Gasteiger partial charge in [0, 0.05) is 0 Å². The second-order valence-corrected chi connectivity index (χ2v) is 7.76. The zero-order chi connectivity index (χ0) is 13.2. The summed E-state index contributed by atoms with van der Waals surface area (Å²) in [6.07, 6.45) is 9.73. The summed E-state index contributed by atoms with van der Waals surface area (Å²) in [5.41, 5.74) is 0.000874. The van der Waals surface area contributed by atoms with Crippen LogP contribution in [0.2, 0.25) is 0 Å². The molecule has 1 N–H and O–H groups in total. The normalized spacial score (nSPS) is 54.2. The molecule has 4 aliphatic rings. The summed E-state index contributed by atoms with van der Waals surface area (Å²) in [6.45, 7) is 6.67. The molecular formula is C16H24O2. The molecule has 4 bridgehead atoms. The summed E-state index contributed by atoms with van der Waals surface area (Å²) >= 11 is 0. The van der Waals surface area contributed by atoms with Crippen molar-refractivity contribution in [3.63, 3.8) is 0 Å². The Kier molecular flexibility index (Phi) is 2.31. The average molecular weight is 248 g/mol. The molecule has 100 valence electrons. The molecule has 0 aromatic heterocycles. The van der Waals surface area contributed by atoms with Gasteiger partial charge in [-0.15, -0.1) is 0 Å². The molecule has 4 fully saturated rings. The SMILES string of the molecule is CC=CC1C2(C)CC3CC(C)(C2)CC1(C(=O)O)C3. The van der Waals surface area contributed by atoms with Crippen molar-refractivity contribution in [3.8, 4) is 0 Å². The predicted octanol–water partition coefficient (Wildman–Crippen LogP) is 3.87. The number of aliphatic carboxylic acids is 1. The Hall–Kier alpha value is -0.790. The maximum atomic E-state index is 12.0. The van der Waals surface area contributed by atoms with Crippen molar-refractivity contribution >= 4 is 5.97 Å². The van der Waals surface area contributed by atoms with E-state index in [0.29, 0.717) is 5.92 Å². The molecule has 0 heterocycles. The first kappa shape index (κ1) is 12.3. The standard InChI is InChI=1S/C16H24O2/c1-4-5-12-15(3)7-11-6-14(2,9-15)10-16(12,8-11)13(17)18/h4-5,11-12H,6-10H2,1-3H3,(H,17,18). The van der Waals surface area contributed by atoms with Gasteiger partial charge in [-0.05, 0) is 61.7 Å². The Morgan fingerprint density at radius 1 is 1.22 bits per heavy atom. The fourth-order valence-corrected chi connectivity index (χ4v) is 6.22. The molecule has 18 heavy (non-hydrogen) atoms. The van der Waals surface area contributed by atoms with Crippen molar-refractivity contribution in [1.29, 1.82) is 0 Å². The lowest BCUT2D eigenvalue weighted by molar-refractivity contribution is -0.202. The molecule has 4 aliphatic carbocycles. The Labute approximate surface area is 109 Å². The van der Waals surface area contributed by atoms with Crippen LogP contribution in [-0.2, 0) is 4.79 Å². The van der Waals surface area contributed by atoms with E-state index in [4.69, 9.17) is 0 Å². The molecule has 0 spiro atoms. The van der Waals surface area contributed by atoms with E-state index in [1.807, 2.05) is 6.92 Å². The van der Waals surface area contributed by atoms with Crippen LogP contribution in [0.1, 0.15) is 52.9 Å². The van der Waals surface area contributed by atoms with E-state index < -0.39 is 11.4 Å². The lowest BCUT2D eigenvalue weighted by Gasteiger charge is -2.67. The molecule has 4 saturated carbocycles. The maximum Gasteiger partial charge on any atom is 0.310 e. The summed E-state index contributed by atoms with van der Waals surface area (Å²) in [7, 11) is 0. The van der Waals surface area contributed by atoms with Crippen LogP contribution >= 0.6 is 0 Å². The number of hydrogen-bond acceptors (Lipinski definition) is 1. The van der Waals surface area contributed by atoms with Gasteiger partial charge < -0.3 is 5.11 Å². The van der Waals surface area contributed by atoms with Gasteiger partial charge in [-0.3, -0.25) is 4.79 Å². The minimum absolute atomic E-state index is 0.207. The van der Waals surface area contributed by atoms with E-state index in [2.05, 4.69) is 26.0 Å². The van der Waals surface area contributed by atoms with Crippen molar-refractivity contribution in [3.05, 3.63) is 12.2 Å². The Morgan fingerprint density at radius 3 is 2.50 bits per heavy atom. The highest BCUT2D eigenvalue weighted by atomic mass is 16.4. The zero-order valence-corrected chi connectivity index (χ0v) is 11.7. The zero-order valence-electron chi connectivity index (χ0n) is 11.7. The highest BCUT2D eigenvalue weighted by Crippen LogP contribution is 2.72. The fraction of sp³-hybridized carbons (Fsp3) is 0.812. The van der Waals surface area contributed by atoms with Crippen LogP contribution in [-0.4, -0.2) is 11.1 Å². The number of hydrogen-bond donors (Lipinski definition) is 1. The summed E-state index contributed by atoms with van der Waals surface area (Å²) in [4.78, 5) is 12.0. The maximum absolute atomic E-state index is 12.0. The van der Waals surface area contributed by atoms with Crippen LogP contribution in [0.4, 0.5) is 0 Å². The molecule has 0 aromatic carbocycles. The number of carboxylic acid groups (broad SMARTS) is 1. The average Bonchev–Trinajstić information content (AvgIpc) is 2.20. The van der Waals surface area contributed by atoms with Gasteiger partial charge in [-0.2, -0.15) is 0 Å². The largest absolute Gasteiger partial charge is 0.481 e.